The molecule has 0 bridgehead atoms. The summed E-state index contributed by atoms with van der Waals surface area (Å²) in [5.74, 6) is 0.265. The molecule has 2 aliphatic heterocycles. The number of phenolic OH excluding ortho intramolecular Hbond substituents is 1. The molecular weight excluding hydrogens is 314 g/mol. The zero-order valence-corrected chi connectivity index (χ0v) is 15.0. The Labute approximate surface area is 148 Å². The molecule has 4 nitrogen and oxygen atoms in total. The average molecular weight is 339 g/mol. The third-order valence-electron chi connectivity index (χ3n) is 5.08. The first-order valence-corrected chi connectivity index (χ1v) is 8.86. The summed E-state index contributed by atoms with van der Waals surface area (Å²) in [4.78, 5) is 0. The van der Waals surface area contributed by atoms with Crippen molar-refractivity contribution in [1.82, 2.24) is 0 Å². The summed E-state index contributed by atoms with van der Waals surface area (Å²) in [5.41, 5.74) is 4.62. The standard InChI is InChI=1S/C21H25NO3/c1-21(2,3)14-7-8-17-16(12-14)19-20(25-10-9-24-19)18(22-17)13-5-4-6-15(23)11-13/h4-8,11-12,18-20,22-23H,9-10H2,1-3H3/t18-,19?,20?/m1/s1. The van der Waals surface area contributed by atoms with Gasteiger partial charge in [0, 0.05) is 11.3 Å². The zero-order chi connectivity index (χ0) is 17.6. The molecule has 2 unspecified atom stereocenters. The summed E-state index contributed by atoms with van der Waals surface area (Å²) in [6.07, 6.45) is -0.210. The molecule has 4 rings (SSSR count). The van der Waals surface area contributed by atoms with Crippen molar-refractivity contribution >= 4 is 5.69 Å². The molecule has 3 atom stereocenters. The molecule has 25 heavy (non-hydrogen) atoms. The molecule has 0 aromatic heterocycles. The Morgan fingerprint density at radius 2 is 1.84 bits per heavy atom. The molecule has 1 saturated heterocycles. The van der Waals surface area contributed by atoms with E-state index in [0.29, 0.717) is 13.2 Å². The van der Waals surface area contributed by atoms with Crippen LogP contribution in [0, 0.1) is 0 Å². The number of aromatic hydroxyl groups is 1. The summed E-state index contributed by atoms with van der Waals surface area (Å²) in [6.45, 7) is 7.85. The van der Waals surface area contributed by atoms with Crippen molar-refractivity contribution in [2.24, 2.45) is 0 Å². The van der Waals surface area contributed by atoms with Gasteiger partial charge in [-0.05, 0) is 34.7 Å². The lowest BCUT2D eigenvalue weighted by molar-refractivity contribution is -0.151. The van der Waals surface area contributed by atoms with Crippen LogP contribution < -0.4 is 5.32 Å². The number of rotatable bonds is 1. The maximum absolute atomic E-state index is 9.86. The zero-order valence-electron chi connectivity index (χ0n) is 15.0. The van der Waals surface area contributed by atoms with Crippen LogP contribution in [0.15, 0.2) is 42.5 Å². The van der Waals surface area contributed by atoms with Crippen LogP contribution in [-0.2, 0) is 14.9 Å². The maximum atomic E-state index is 9.86. The second kappa shape index (κ2) is 6.04. The SMILES string of the molecule is CC(C)(C)c1ccc2c(c1)C1OCCOC1[C@@H](c1cccc(O)c1)N2. The molecule has 2 aromatic rings. The summed E-state index contributed by atoms with van der Waals surface area (Å²) in [7, 11) is 0. The van der Waals surface area contributed by atoms with Crippen LogP contribution in [0.5, 0.6) is 5.75 Å². The van der Waals surface area contributed by atoms with Crippen molar-refractivity contribution in [2.75, 3.05) is 18.5 Å². The molecule has 0 spiro atoms. The van der Waals surface area contributed by atoms with Crippen molar-refractivity contribution in [3.05, 3.63) is 59.2 Å². The van der Waals surface area contributed by atoms with E-state index < -0.39 is 0 Å². The second-order valence-electron chi connectivity index (χ2n) is 7.90. The van der Waals surface area contributed by atoms with Crippen LogP contribution in [0.4, 0.5) is 5.69 Å². The van der Waals surface area contributed by atoms with Gasteiger partial charge in [0.1, 0.15) is 18.0 Å². The Hall–Kier alpha value is -2.04. The summed E-state index contributed by atoms with van der Waals surface area (Å²) in [6, 6.07) is 13.9. The molecule has 132 valence electrons. The minimum atomic E-state index is -0.113. The number of benzene rings is 2. The fraction of sp³-hybridized carbons (Fsp3) is 0.429. The van der Waals surface area contributed by atoms with E-state index in [1.54, 1.807) is 12.1 Å². The van der Waals surface area contributed by atoms with E-state index in [-0.39, 0.29) is 29.4 Å². The molecule has 2 aromatic carbocycles. The van der Waals surface area contributed by atoms with Crippen LogP contribution in [0.2, 0.25) is 0 Å². The van der Waals surface area contributed by atoms with Gasteiger partial charge in [0.05, 0.1) is 19.3 Å². The molecule has 0 saturated carbocycles. The number of hydrogen-bond donors (Lipinski definition) is 2. The molecule has 2 aliphatic rings. The normalized spacial score (nSPS) is 25.6. The number of hydrogen-bond acceptors (Lipinski definition) is 4. The molecule has 0 aliphatic carbocycles. The Balaban J connectivity index is 1.78. The van der Waals surface area contributed by atoms with Gasteiger partial charge in [-0.2, -0.15) is 0 Å². The lowest BCUT2D eigenvalue weighted by Gasteiger charge is -2.43. The smallest absolute Gasteiger partial charge is 0.115 e. The van der Waals surface area contributed by atoms with Crippen LogP contribution in [0.1, 0.15) is 49.6 Å². The molecule has 2 heterocycles. The first kappa shape index (κ1) is 16.4. The van der Waals surface area contributed by atoms with E-state index in [2.05, 4.69) is 44.3 Å². The highest BCUT2D eigenvalue weighted by Crippen LogP contribution is 2.45. The average Bonchev–Trinajstić information content (AvgIpc) is 2.60. The summed E-state index contributed by atoms with van der Waals surface area (Å²) in [5, 5.41) is 13.5. The second-order valence-corrected chi connectivity index (χ2v) is 7.90. The molecule has 2 N–H and O–H groups in total. The highest BCUT2D eigenvalue weighted by atomic mass is 16.6. The van der Waals surface area contributed by atoms with Crippen LogP contribution >= 0.6 is 0 Å². The van der Waals surface area contributed by atoms with Crippen molar-refractivity contribution in [3.63, 3.8) is 0 Å². The Bertz CT molecular complexity index is 781. The molecule has 4 heteroatoms. The maximum Gasteiger partial charge on any atom is 0.115 e. The van der Waals surface area contributed by atoms with Gasteiger partial charge < -0.3 is 19.9 Å². The highest BCUT2D eigenvalue weighted by Gasteiger charge is 2.41. The molecular formula is C21H25NO3. The molecule has 0 radical (unpaired) electrons. The summed E-state index contributed by atoms with van der Waals surface area (Å²) < 4.78 is 12.2. The van der Waals surface area contributed by atoms with Gasteiger partial charge in [0.2, 0.25) is 0 Å². The van der Waals surface area contributed by atoms with E-state index >= 15 is 0 Å². The molecule has 1 fully saturated rings. The monoisotopic (exact) mass is 339 g/mol. The van der Waals surface area contributed by atoms with Gasteiger partial charge in [-0.1, -0.05) is 45.0 Å². The van der Waals surface area contributed by atoms with Crippen LogP contribution in [-0.4, -0.2) is 24.4 Å². The number of nitrogens with one attached hydrogen (secondary N) is 1. The van der Waals surface area contributed by atoms with E-state index in [1.165, 1.54) is 5.56 Å². The quantitative estimate of drug-likeness (QED) is 0.813. The van der Waals surface area contributed by atoms with E-state index in [9.17, 15) is 5.11 Å². The Kier molecular flexibility index (Phi) is 3.97. The Morgan fingerprint density at radius 3 is 2.60 bits per heavy atom. The van der Waals surface area contributed by atoms with Crippen molar-refractivity contribution in [1.29, 1.82) is 0 Å². The summed E-state index contributed by atoms with van der Waals surface area (Å²) >= 11 is 0. The number of ether oxygens (including phenoxy) is 2. The predicted octanol–water partition coefficient (Wildman–Crippen LogP) is 4.31. The third-order valence-corrected chi connectivity index (χ3v) is 5.08. The van der Waals surface area contributed by atoms with Crippen molar-refractivity contribution in [3.8, 4) is 5.75 Å². The fourth-order valence-electron chi connectivity index (χ4n) is 3.72. The van der Waals surface area contributed by atoms with Gasteiger partial charge in [0.25, 0.3) is 0 Å². The van der Waals surface area contributed by atoms with Crippen molar-refractivity contribution in [2.45, 2.75) is 44.4 Å². The first-order chi connectivity index (χ1) is 11.9. The van der Waals surface area contributed by atoms with Crippen LogP contribution in [0.3, 0.4) is 0 Å². The largest absolute Gasteiger partial charge is 0.508 e. The van der Waals surface area contributed by atoms with E-state index in [0.717, 1.165) is 16.8 Å². The van der Waals surface area contributed by atoms with Crippen LogP contribution in [0.25, 0.3) is 0 Å². The minimum absolute atomic E-state index is 0.0506. The fourth-order valence-corrected chi connectivity index (χ4v) is 3.72. The first-order valence-electron chi connectivity index (χ1n) is 8.86. The van der Waals surface area contributed by atoms with E-state index in [1.807, 2.05) is 12.1 Å². The predicted molar refractivity (Wildman–Crippen MR) is 98.0 cm³/mol. The highest BCUT2D eigenvalue weighted by molar-refractivity contribution is 5.59. The third kappa shape index (κ3) is 3.00. The van der Waals surface area contributed by atoms with Gasteiger partial charge in [-0.3, -0.25) is 0 Å². The number of fused-ring (bicyclic) bond motifs is 3. The topological polar surface area (TPSA) is 50.7 Å². The van der Waals surface area contributed by atoms with Gasteiger partial charge in [-0.25, -0.2) is 0 Å². The lowest BCUT2D eigenvalue weighted by Crippen LogP contribution is -2.43. The van der Waals surface area contributed by atoms with Gasteiger partial charge >= 0.3 is 0 Å². The number of anilines is 1. The van der Waals surface area contributed by atoms with Crippen molar-refractivity contribution < 1.29 is 14.6 Å². The number of phenols is 1. The van der Waals surface area contributed by atoms with Gasteiger partial charge in [0.15, 0.2) is 0 Å². The van der Waals surface area contributed by atoms with E-state index in [4.69, 9.17) is 9.47 Å². The molecule has 0 amide bonds. The Morgan fingerprint density at radius 1 is 1.04 bits per heavy atom. The van der Waals surface area contributed by atoms with Gasteiger partial charge in [-0.15, -0.1) is 0 Å². The lowest BCUT2D eigenvalue weighted by atomic mass is 9.82. The minimum Gasteiger partial charge on any atom is -0.508 e.